The van der Waals surface area contributed by atoms with E-state index in [4.69, 9.17) is 0 Å². The molecule has 1 aliphatic heterocycles. The summed E-state index contributed by atoms with van der Waals surface area (Å²) in [5.74, 6) is 0. The van der Waals surface area contributed by atoms with Crippen LogP contribution in [0.4, 0.5) is 5.69 Å². The molecule has 0 radical (unpaired) electrons. The van der Waals surface area contributed by atoms with Crippen molar-refractivity contribution in [2.45, 2.75) is 13.5 Å². The molecule has 70 valence electrons. The van der Waals surface area contributed by atoms with E-state index in [1.165, 1.54) is 27.4 Å². The number of benzene rings is 1. The average Bonchev–Trinajstić information content (AvgIpc) is 2.65. The molecule has 0 amide bonds. The first-order valence-corrected chi connectivity index (χ1v) is 5.50. The van der Waals surface area contributed by atoms with Gasteiger partial charge in [0.1, 0.15) is 0 Å². The van der Waals surface area contributed by atoms with E-state index in [2.05, 4.69) is 35.4 Å². The van der Waals surface area contributed by atoms with Crippen molar-refractivity contribution in [1.82, 2.24) is 4.98 Å². The third-order valence-electron chi connectivity index (χ3n) is 2.51. The SMILES string of the molecule is Cc1ccc2c(c1)-c1scnc1CN2. The van der Waals surface area contributed by atoms with E-state index in [1.54, 1.807) is 11.3 Å². The molecular formula is C11H10N2S. The first kappa shape index (κ1) is 8.00. The summed E-state index contributed by atoms with van der Waals surface area (Å²) in [4.78, 5) is 5.66. The minimum Gasteiger partial charge on any atom is -0.379 e. The third-order valence-corrected chi connectivity index (χ3v) is 3.41. The molecule has 2 nitrogen and oxygen atoms in total. The van der Waals surface area contributed by atoms with Crippen LogP contribution in [-0.2, 0) is 6.54 Å². The van der Waals surface area contributed by atoms with Crippen LogP contribution in [0.5, 0.6) is 0 Å². The van der Waals surface area contributed by atoms with E-state index in [1.807, 2.05) is 5.51 Å². The van der Waals surface area contributed by atoms with Gasteiger partial charge in [-0.3, -0.25) is 0 Å². The number of hydrogen-bond donors (Lipinski definition) is 1. The topological polar surface area (TPSA) is 24.9 Å². The first-order valence-electron chi connectivity index (χ1n) is 4.62. The molecule has 0 saturated carbocycles. The number of rotatable bonds is 0. The van der Waals surface area contributed by atoms with Crippen LogP contribution in [-0.4, -0.2) is 4.98 Å². The molecule has 0 atom stereocenters. The quantitative estimate of drug-likeness (QED) is 0.710. The van der Waals surface area contributed by atoms with Gasteiger partial charge in [-0.05, 0) is 19.1 Å². The lowest BCUT2D eigenvalue weighted by molar-refractivity contribution is 1.06. The number of aromatic nitrogens is 1. The second-order valence-corrected chi connectivity index (χ2v) is 4.39. The Bertz CT molecular complexity index is 488. The summed E-state index contributed by atoms with van der Waals surface area (Å²) in [6.07, 6.45) is 0. The number of nitrogens with zero attached hydrogens (tertiary/aromatic N) is 1. The predicted octanol–water partition coefficient (Wildman–Crippen LogP) is 3.04. The summed E-state index contributed by atoms with van der Waals surface area (Å²) in [5, 5.41) is 3.38. The van der Waals surface area contributed by atoms with Gasteiger partial charge in [0, 0.05) is 11.3 Å². The third kappa shape index (κ3) is 1.06. The van der Waals surface area contributed by atoms with Gasteiger partial charge in [-0.25, -0.2) is 4.98 Å². The summed E-state index contributed by atoms with van der Waals surface area (Å²) in [6.45, 7) is 2.98. The zero-order valence-corrected chi connectivity index (χ0v) is 8.69. The average molecular weight is 202 g/mol. The van der Waals surface area contributed by atoms with Gasteiger partial charge in [0.25, 0.3) is 0 Å². The fraction of sp³-hybridized carbons (Fsp3) is 0.182. The molecule has 2 aromatic rings. The van der Waals surface area contributed by atoms with Gasteiger partial charge >= 0.3 is 0 Å². The van der Waals surface area contributed by atoms with Crippen LogP contribution in [0, 0.1) is 6.92 Å². The molecule has 0 spiro atoms. The van der Waals surface area contributed by atoms with Crippen molar-refractivity contribution in [2.75, 3.05) is 5.32 Å². The fourth-order valence-corrected chi connectivity index (χ4v) is 2.64. The van der Waals surface area contributed by atoms with E-state index in [9.17, 15) is 0 Å². The zero-order valence-electron chi connectivity index (χ0n) is 7.87. The van der Waals surface area contributed by atoms with Crippen LogP contribution in [0.25, 0.3) is 10.4 Å². The summed E-state index contributed by atoms with van der Waals surface area (Å²) in [6, 6.07) is 6.50. The minimum atomic E-state index is 0.856. The summed E-state index contributed by atoms with van der Waals surface area (Å²) < 4.78 is 0. The van der Waals surface area contributed by atoms with Crippen LogP contribution in [0.2, 0.25) is 0 Å². The lowest BCUT2D eigenvalue weighted by Crippen LogP contribution is -2.07. The number of thiazole rings is 1. The van der Waals surface area contributed by atoms with Crippen molar-refractivity contribution >= 4 is 17.0 Å². The molecule has 0 bridgehead atoms. The standard InChI is InChI=1S/C11H10N2S/c1-7-2-3-9-8(4-7)11-10(5-12-9)13-6-14-11/h2-4,6,12H,5H2,1H3. The number of fused-ring (bicyclic) bond motifs is 3. The van der Waals surface area contributed by atoms with Gasteiger partial charge in [0.05, 0.1) is 22.6 Å². The molecule has 0 fully saturated rings. The fourth-order valence-electron chi connectivity index (χ4n) is 1.79. The summed E-state index contributed by atoms with van der Waals surface area (Å²) in [5.41, 5.74) is 6.92. The largest absolute Gasteiger partial charge is 0.379 e. The van der Waals surface area contributed by atoms with Gasteiger partial charge < -0.3 is 5.32 Å². The van der Waals surface area contributed by atoms with E-state index >= 15 is 0 Å². The summed E-state index contributed by atoms with van der Waals surface area (Å²) in [7, 11) is 0. The number of anilines is 1. The highest BCUT2D eigenvalue weighted by Crippen LogP contribution is 2.38. The van der Waals surface area contributed by atoms with Crippen LogP contribution in [0.1, 0.15) is 11.3 Å². The smallest absolute Gasteiger partial charge is 0.0802 e. The van der Waals surface area contributed by atoms with Crippen molar-refractivity contribution < 1.29 is 0 Å². The Morgan fingerprint density at radius 2 is 2.36 bits per heavy atom. The van der Waals surface area contributed by atoms with E-state index in [0.29, 0.717) is 0 Å². The minimum absolute atomic E-state index is 0.856. The maximum atomic E-state index is 4.34. The number of aryl methyl sites for hydroxylation is 1. The predicted molar refractivity (Wildman–Crippen MR) is 59.6 cm³/mol. The Morgan fingerprint density at radius 3 is 3.29 bits per heavy atom. The molecule has 3 heteroatoms. The second-order valence-electron chi connectivity index (χ2n) is 3.53. The highest BCUT2D eigenvalue weighted by molar-refractivity contribution is 7.13. The van der Waals surface area contributed by atoms with E-state index in [0.717, 1.165) is 6.54 Å². The van der Waals surface area contributed by atoms with Crippen molar-refractivity contribution in [3.05, 3.63) is 35.0 Å². The lowest BCUT2D eigenvalue weighted by Gasteiger charge is -2.17. The maximum Gasteiger partial charge on any atom is 0.0802 e. The molecule has 3 rings (SSSR count). The molecule has 1 aliphatic rings. The highest BCUT2D eigenvalue weighted by atomic mass is 32.1. The Kier molecular flexibility index (Phi) is 1.61. The molecule has 0 saturated heterocycles. The Balaban J connectivity index is 2.28. The lowest BCUT2D eigenvalue weighted by atomic mass is 10.0. The molecule has 0 aliphatic carbocycles. The van der Waals surface area contributed by atoms with E-state index in [-0.39, 0.29) is 0 Å². The van der Waals surface area contributed by atoms with Crippen molar-refractivity contribution in [1.29, 1.82) is 0 Å². The van der Waals surface area contributed by atoms with Crippen molar-refractivity contribution in [3.63, 3.8) is 0 Å². The molecular weight excluding hydrogens is 192 g/mol. The molecule has 0 unspecified atom stereocenters. The molecule has 14 heavy (non-hydrogen) atoms. The van der Waals surface area contributed by atoms with Crippen LogP contribution >= 0.6 is 11.3 Å². The number of nitrogens with one attached hydrogen (secondary N) is 1. The summed E-state index contributed by atoms with van der Waals surface area (Å²) >= 11 is 1.73. The molecule has 1 aromatic carbocycles. The Labute approximate surface area is 86.6 Å². The first-order chi connectivity index (χ1) is 6.84. The van der Waals surface area contributed by atoms with Gasteiger partial charge in [0.15, 0.2) is 0 Å². The second kappa shape index (κ2) is 2.82. The highest BCUT2D eigenvalue weighted by Gasteiger charge is 2.17. The van der Waals surface area contributed by atoms with Gasteiger partial charge in [0.2, 0.25) is 0 Å². The van der Waals surface area contributed by atoms with Crippen LogP contribution in [0.3, 0.4) is 0 Å². The zero-order chi connectivity index (χ0) is 9.54. The van der Waals surface area contributed by atoms with Gasteiger partial charge in [-0.15, -0.1) is 11.3 Å². The van der Waals surface area contributed by atoms with E-state index < -0.39 is 0 Å². The normalized spacial score (nSPS) is 12.9. The monoisotopic (exact) mass is 202 g/mol. The molecule has 1 N–H and O–H groups in total. The maximum absolute atomic E-state index is 4.34. The van der Waals surface area contributed by atoms with Crippen LogP contribution < -0.4 is 5.32 Å². The van der Waals surface area contributed by atoms with Gasteiger partial charge in [-0.1, -0.05) is 11.6 Å². The molecule has 1 aromatic heterocycles. The Morgan fingerprint density at radius 1 is 1.43 bits per heavy atom. The number of hydrogen-bond acceptors (Lipinski definition) is 3. The Hall–Kier alpha value is -1.35. The van der Waals surface area contributed by atoms with Crippen LogP contribution in [0.15, 0.2) is 23.7 Å². The van der Waals surface area contributed by atoms with Crippen molar-refractivity contribution in [2.24, 2.45) is 0 Å². The van der Waals surface area contributed by atoms with Crippen molar-refractivity contribution in [3.8, 4) is 10.4 Å². The molecule has 2 heterocycles. The van der Waals surface area contributed by atoms with Gasteiger partial charge in [-0.2, -0.15) is 0 Å².